The SMILES string of the molecule is COc1c(Cl)c(OCc2ccccc2)c(Cl)c(C)c1C(=O)O[C@@H]1[C@@H](C)O[C@@H](O[C@H]2[C@H](OCc3ccccc3)[C@H]([Se]c3ccccc3)C(F)O[C@@H]2C)C[C@H]1O[C@H]1C[C@](C)([N+](=O)[O-])[C@@H](OC)[C@H](C)O1. The number of ether oxygens (including phenoxy) is 10. The molecule has 3 aliphatic heterocycles. The Hall–Kier alpha value is -3.90. The van der Waals surface area contributed by atoms with Gasteiger partial charge in [0, 0.05) is 7.11 Å². The first-order valence-electron chi connectivity index (χ1n) is 22.0. The van der Waals surface area contributed by atoms with Gasteiger partial charge in [0.15, 0.2) is 5.75 Å². The molecule has 3 aliphatic rings. The standard InChI is InChI=1S/C49H56Cl2FNO13Se/c1-27-37(42(57-6)39(51)43(38(27)50)59-25-31-17-11-8-12-18-31)48(54)66-40-28(2)61-35(23-34(40)64-36-24-49(5,53(55)56)46(58-7)30(4)62-36)65-41-29(3)63-47(52)45(67-33-21-15-10-16-22-33)44(41)60-26-32-19-13-9-14-20-32/h8-22,28-30,34-36,40-41,44-47H,23-26H2,1-7H3/t28-,29-,30+,34-,35+,36+,40-,41-,44+,45+,46+,47?,49+/m1/s1. The fraction of sp³-hybridized carbons (Fsp3) is 0.490. The van der Waals surface area contributed by atoms with Gasteiger partial charge in [-0.2, -0.15) is 0 Å². The zero-order valence-electron chi connectivity index (χ0n) is 38.2. The van der Waals surface area contributed by atoms with Crippen LogP contribution < -0.4 is 13.9 Å². The van der Waals surface area contributed by atoms with E-state index < -0.39 is 104 Å². The predicted molar refractivity (Wildman–Crippen MR) is 248 cm³/mol. The summed E-state index contributed by atoms with van der Waals surface area (Å²) >= 11 is 13.3. The van der Waals surface area contributed by atoms with Crippen LogP contribution in [-0.4, -0.2) is 113 Å². The van der Waals surface area contributed by atoms with Crippen molar-refractivity contribution in [1.29, 1.82) is 0 Å². The Morgan fingerprint density at radius 3 is 2.01 bits per heavy atom. The quantitative estimate of drug-likeness (QED) is 0.0430. The normalized spacial score (nSPS) is 30.9. The molecular formula is C49H56Cl2FNO13Se. The van der Waals surface area contributed by atoms with Crippen LogP contribution in [0.3, 0.4) is 0 Å². The Bertz CT molecular complexity index is 2290. The van der Waals surface area contributed by atoms with Crippen molar-refractivity contribution in [2.75, 3.05) is 14.2 Å². The summed E-state index contributed by atoms with van der Waals surface area (Å²) in [5.74, 6) is -0.766. The number of carbonyl (C=O) groups is 1. The summed E-state index contributed by atoms with van der Waals surface area (Å²) in [6, 6.07) is 28.6. The predicted octanol–water partition coefficient (Wildman–Crippen LogP) is 8.62. The number of nitro groups is 1. The van der Waals surface area contributed by atoms with Crippen molar-refractivity contribution >= 4 is 48.6 Å². The molecule has 0 N–H and O–H groups in total. The van der Waals surface area contributed by atoms with Gasteiger partial charge < -0.3 is 14.2 Å². The van der Waals surface area contributed by atoms with Crippen molar-refractivity contribution in [3.05, 3.63) is 133 Å². The van der Waals surface area contributed by atoms with E-state index in [1.807, 2.05) is 91.0 Å². The molecule has 3 heterocycles. The number of carbonyl (C=O) groups excluding carboxylic acids is 1. The van der Waals surface area contributed by atoms with E-state index in [9.17, 15) is 14.9 Å². The van der Waals surface area contributed by atoms with Crippen molar-refractivity contribution in [2.45, 2.75) is 139 Å². The second kappa shape index (κ2) is 22.7. The van der Waals surface area contributed by atoms with Crippen LogP contribution in [0.1, 0.15) is 67.6 Å². The van der Waals surface area contributed by atoms with Crippen LogP contribution in [0.4, 0.5) is 4.39 Å². The van der Waals surface area contributed by atoms with Gasteiger partial charge in [-0.1, -0.05) is 53.5 Å². The summed E-state index contributed by atoms with van der Waals surface area (Å²) in [6.07, 6.45) is -11.3. The van der Waals surface area contributed by atoms with E-state index in [0.29, 0.717) is 0 Å². The number of hydrogen-bond acceptors (Lipinski definition) is 13. The molecule has 0 aliphatic carbocycles. The number of hydrogen-bond donors (Lipinski definition) is 0. The van der Waals surface area contributed by atoms with Crippen LogP contribution in [0, 0.1) is 17.0 Å². The molecule has 1 unspecified atom stereocenters. The Morgan fingerprint density at radius 1 is 0.806 bits per heavy atom. The average molecular weight is 1040 g/mol. The number of rotatable bonds is 17. The summed E-state index contributed by atoms with van der Waals surface area (Å²) in [4.78, 5) is 26.0. The van der Waals surface area contributed by atoms with Crippen LogP contribution in [0.5, 0.6) is 11.5 Å². The summed E-state index contributed by atoms with van der Waals surface area (Å²) in [5.41, 5.74) is 0.377. The van der Waals surface area contributed by atoms with Crippen LogP contribution in [-0.2, 0) is 51.1 Å². The first-order chi connectivity index (χ1) is 32.1. The van der Waals surface area contributed by atoms with Gasteiger partial charge in [-0.25, -0.2) is 0 Å². The average Bonchev–Trinajstić information content (AvgIpc) is 3.30. The number of esters is 1. The summed E-state index contributed by atoms with van der Waals surface area (Å²) in [6.45, 7) is 8.50. The Balaban J connectivity index is 1.18. The summed E-state index contributed by atoms with van der Waals surface area (Å²) < 4.78 is 79.4. The molecule has 0 amide bonds. The number of methoxy groups -OCH3 is 2. The topological polar surface area (TPSA) is 153 Å². The number of alkyl halides is 1. The molecule has 4 aromatic rings. The van der Waals surface area contributed by atoms with Crippen molar-refractivity contribution in [1.82, 2.24) is 0 Å². The zero-order valence-corrected chi connectivity index (χ0v) is 41.4. The Labute approximate surface area is 406 Å². The van der Waals surface area contributed by atoms with E-state index in [4.69, 9.17) is 70.6 Å². The molecule has 3 fully saturated rings. The van der Waals surface area contributed by atoms with E-state index in [1.54, 1.807) is 27.7 Å². The van der Waals surface area contributed by atoms with Crippen LogP contribution in [0.25, 0.3) is 0 Å². The van der Waals surface area contributed by atoms with E-state index in [1.165, 1.54) is 21.1 Å². The third-order valence-electron chi connectivity index (χ3n) is 12.3. The van der Waals surface area contributed by atoms with Crippen LogP contribution in [0.2, 0.25) is 14.9 Å². The molecule has 13 atom stereocenters. The van der Waals surface area contributed by atoms with Gasteiger partial charge in [0.05, 0.1) is 12.1 Å². The molecule has 14 nitrogen and oxygen atoms in total. The molecule has 4 aromatic carbocycles. The fourth-order valence-corrected chi connectivity index (χ4v) is 12.0. The van der Waals surface area contributed by atoms with E-state index in [2.05, 4.69) is 0 Å². The maximum atomic E-state index is 16.1. The van der Waals surface area contributed by atoms with Gasteiger partial charge in [-0.15, -0.1) is 0 Å². The minimum atomic E-state index is -1.65. The number of halogens is 3. The second-order valence-electron chi connectivity index (χ2n) is 17.0. The van der Waals surface area contributed by atoms with E-state index >= 15 is 4.39 Å². The third kappa shape index (κ3) is 11.6. The molecule has 0 spiro atoms. The minimum absolute atomic E-state index is 0.0258. The third-order valence-corrected chi connectivity index (χ3v) is 15.9. The van der Waals surface area contributed by atoms with E-state index in [-0.39, 0.29) is 58.7 Å². The maximum absolute atomic E-state index is 16.1. The molecule has 0 saturated carbocycles. The van der Waals surface area contributed by atoms with E-state index in [0.717, 1.165) is 15.6 Å². The first kappa shape index (κ1) is 51.0. The van der Waals surface area contributed by atoms with Gasteiger partial charge in [0.2, 0.25) is 0 Å². The van der Waals surface area contributed by atoms with Crippen molar-refractivity contribution in [3.63, 3.8) is 0 Å². The molecular weight excluding hydrogens is 979 g/mol. The van der Waals surface area contributed by atoms with Crippen molar-refractivity contribution < 1.29 is 61.5 Å². The van der Waals surface area contributed by atoms with Gasteiger partial charge in [0.1, 0.15) is 11.6 Å². The van der Waals surface area contributed by atoms with Gasteiger partial charge in [-0.3, -0.25) is 10.1 Å². The van der Waals surface area contributed by atoms with Crippen molar-refractivity contribution in [3.8, 4) is 11.5 Å². The number of nitrogens with zero attached hydrogens (tertiary/aromatic N) is 1. The molecule has 0 aromatic heterocycles. The molecule has 362 valence electrons. The summed E-state index contributed by atoms with van der Waals surface area (Å²) in [7, 11) is 2.75. The van der Waals surface area contributed by atoms with Gasteiger partial charge >= 0.3 is 281 Å². The van der Waals surface area contributed by atoms with Crippen molar-refractivity contribution in [2.24, 2.45) is 0 Å². The van der Waals surface area contributed by atoms with Gasteiger partial charge in [-0.05, 0) is 12.5 Å². The Kier molecular flexibility index (Phi) is 17.3. The zero-order chi connectivity index (χ0) is 48.0. The Morgan fingerprint density at radius 2 is 1.40 bits per heavy atom. The first-order valence-corrected chi connectivity index (χ1v) is 24.6. The molecule has 0 radical (unpaired) electrons. The monoisotopic (exact) mass is 1040 g/mol. The van der Waals surface area contributed by atoms with Crippen LogP contribution >= 0.6 is 23.2 Å². The van der Waals surface area contributed by atoms with Gasteiger partial charge in [0.25, 0.3) is 0 Å². The second-order valence-corrected chi connectivity index (χ2v) is 20.4. The molecule has 7 rings (SSSR count). The van der Waals surface area contributed by atoms with Crippen LogP contribution in [0.15, 0.2) is 91.0 Å². The molecule has 3 saturated heterocycles. The summed E-state index contributed by atoms with van der Waals surface area (Å²) in [5, 5.41) is 12.6. The molecule has 0 bridgehead atoms. The fourth-order valence-electron chi connectivity index (χ4n) is 8.90. The number of benzene rings is 4. The molecule has 18 heteroatoms. The molecule has 67 heavy (non-hydrogen) atoms.